The fraction of sp³-hybridized carbons (Fsp3) is 0.200. The fourth-order valence-electron chi connectivity index (χ4n) is 3.11. The first-order chi connectivity index (χ1) is 13.6. The summed E-state index contributed by atoms with van der Waals surface area (Å²) >= 11 is 0. The van der Waals surface area contributed by atoms with E-state index in [9.17, 15) is 8.78 Å². The van der Waals surface area contributed by atoms with Crippen molar-refractivity contribution in [2.45, 2.75) is 26.7 Å². The van der Waals surface area contributed by atoms with Gasteiger partial charge in [0.25, 0.3) is 0 Å². The minimum Gasteiger partial charge on any atom is -0.490 e. The van der Waals surface area contributed by atoms with E-state index in [4.69, 9.17) is 4.74 Å². The van der Waals surface area contributed by atoms with Crippen molar-refractivity contribution in [1.82, 2.24) is 0 Å². The van der Waals surface area contributed by atoms with Gasteiger partial charge in [-0.2, -0.15) is 0 Å². The number of benzene rings is 3. The number of hydrogen-bond donors (Lipinski definition) is 0. The minimum absolute atomic E-state index is 0.224. The molecule has 0 aliphatic heterocycles. The van der Waals surface area contributed by atoms with Crippen LogP contribution in [0.4, 0.5) is 8.78 Å². The molecule has 28 heavy (non-hydrogen) atoms. The van der Waals surface area contributed by atoms with Crippen LogP contribution in [-0.2, 0) is 6.42 Å². The highest BCUT2D eigenvalue weighted by atomic mass is 19.2. The lowest BCUT2D eigenvalue weighted by Gasteiger charge is -2.11. The second kappa shape index (κ2) is 9.32. The van der Waals surface area contributed by atoms with E-state index in [-0.39, 0.29) is 10.9 Å². The molecule has 144 valence electrons. The fourth-order valence-corrected chi connectivity index (χ4v) is 3.11. The second-order valence-electron chi connectivity index (χ2n) is 6.62. The molecule has 3 aromatic carbocycles. The third-order valence-corrected chi connectivity index (χ3v) is 4.67. The Labute approximate surface area is 165 Å². The molecular formula is C25H24F2O. The van der Waals surface area contributed by atoms with Crippen molar-refractivity contribution < 1.29 is 13.5 Å². The van der Waals surface area contributed by atoms with Crippen molar-refractivity contribution in [2.24, 2.45) is 0 Å². The van der Waals surface area contributed by atoms with E-state index >= 15 is 0 Å². The molecule has 0 heterocycles. The van der Waals surface area contributed by atoms with Crippen LogP contribution in [0.25, 0.3) is 21.9 Å². The summed E-state index contributed by atoms with van der Waals surface area (Å²) in [5, 5.41) is 0.867. The number of halogens is 2. The molecule has 0 N–H and O–H groups in total. The third-order valence-electron chi connectivity index (χ3n) is 4.67. The van der Waals surface area contributed by atoms with Gasteiger partial charge in [-0.1, -0.05) is 54.6 Å². The van der Waals surface area contributed by atoms with E-state index in [1.807, 2.05) is 56.3 Å². The average Bonchev–Trinajstić information content (AvgIpc) is 2.72. The molecule has 0 unspecified atom stereocenters. The summed E-state index contributed by atoms with van der Waals surface area (Å²) in [5.74, 6) is -1.16. The van der Waals surface area contributed by atoms with Gasteiger partial charge in [0.05, 0.1) is 0 Å². The highest BCUT2D eigenvalue weighted by Gasteiger charge is 2.15. The van der Waals surface area contributed by atoms with Crippen molar-refractivity contribution in [2.75, 3.05) is 6.61 Å². The van der Waals surface area contributed by atoms with Gasteiger partial charge in [0.15, 0.2) is 11.6 Å². The zero-order chi connectivity index (χ0) is 19.9. The molecule has 3 heteroatoms. The van der Waals surface area contributed by atoms with Crippen LogP contribution in [0.2, 0.25) is 0 Å². The first-order valence-corrected chi connectivity index (χ1v) is 9.50. The van der Waals surface area contributed by atoms with Gasteiger partial charge >= 0.3 is 0 Å². The summed E-state index contributed by atoms with van der Waals surface area (Å²) in [6, 6.07) is 14.4. The Bertz CT molecular complexity index is 1000. The normalized spacial score (nSPS) is 11.7. The first-order valence-electron chi connectivity index (χ1n) is 9.50. The van der Waals surface area contributed by atoms with Gasteiger partial charge in [-0.15, -0.1) is 0 Å². The Balaban J connectivity index is 1.91. The molecule has 1 nitrogen and oxygen atoms in total. The highest BCUT2D eigenvalue weighted by Crippen LogP contribution is 2.32. The lowest BCUT2D eigenvalue weighted by atomic mass is 9.98. The van der Waals surface area contributed by atoms with Gasteiger partial charge in [0.1, 0.15) is 12.4 Å². The molecule has 0 aliphatic rings. The molecule has 0 spiro atoms. The lowest BCUT2D eigenvalue weighted by Crippen LogP contribution is -1.96. The minimum atomic E-state index is -0.846. The van der Waals surface area contributed by atoms with Crippen LogP contribution >= 0.6 is 0 Å². The monoisotopic (exact) mass is 378 g/mol. The van der Waals surface area contributed by atoms with Crippen molar-refractivity contribution in [1.29, 1.82) is 0 Å². The van der Waals surface area contributed by atoms with Crippen LogP contribution in [-0.4, -0.2) is 6.61 Å². The maximum Gasteiger partial charge on any atom is 0.167 e. The van der Waals surface area contributed by atoms with Crippen molar-refractivity contribution in [3.63, 3.8) is 0 Å². The van der Waals surface area contributed by atoms with E-state index in [0.29, 0.717) is 23.3 Å². The Hall–Kier alpha value is -2.94. The van der Waals surface area contributed by atoms with Crippen LogP contribution in [0.3, 0.4) is 0 Å². The van der Waals surface area contributed by atoms with Crippen LogP contribution in [0, 0.1) is 11.6 Å². The number of rotatable bonds is 7. The quantitative estimate of drug-likeness (QED) is 0.393. The molecule has 0 saturated carbocycles. The zero-order valence-corrected chi connectivity index (χ0v) is 16.2. The zero-order valence-electron chi connectivity index (χ0n) is 16.2. The molecule has 0 saturated heterocycles. The van der Waals surface area contributed by atoms with E-state index in [1.165, 1.54) is 5.56 Å². The van der Waals surface area contributed by atoms with Gasteiger partial charge in [0.2, 0.25) is 0 Å². The molecular weight excluding hydrogens is 354 g/mol. The standard InChI is InChI=1S/C25H24F2O/c1-3-5-7-8-18-9-11-19(12-10-18)22-16-20-13-14-21(28-15-6-4-2)17-23(20)25(27)24(22)26/h3-6,9-14,16-17H,7-8,15H2,1-2H3/b5-3+,6-4?. The number of fused-ring (bicyclic) bond motifs is 1. The molecule has 0 bridgehead atoms. The second-order valence-corrected chi connectivity index (χ2v) is 6.62. The summed E-state index contributed by atoms with van der Waals surface area (Å²) in [4.78, 5) is 0. The van der Waals surface area contributed by atoms with Crippen molar-refractivity contribution >= 4 is 10.8 Å². The van der Waals surface area contributed by atoms with E-state index in [0.717, 1.165) is 12.8 Å². The van der Waals surface area contributed by atoms with E-state index in [1.54, 1.807) is 24.3 Å². The van der Waals surface area contributed by atoms with Crippen molar-refractivity contribution in [3.8, 4) is 16.9 Å². The van der Waals surface area contributed by atoms with Crippen LogP contribution < -0.4 is 4.74 Å². The SMILES string of the molecule is CC=CCOc1ccc2cc(-c3ccc(CC/C=C/C)cc3)c(F)c(F)c2c1. The predicted molar refractivity (Wildman–Crippen MR) is 113 cm³/mol. The van der Waals surface area contributed by atoms with Gasteiger partial charge in [-0.25, -0.2) is 8.78 Å². The van der Waals surface area contributed by atoms with Gasteiger partial charge in [-0.3, -0.25) is 0 Å². The Kier molecular flexibility index (Phi) is 6.59. The highest BCUT2D eigenvalue weighted by molar-refractivity contribution is 5.89. The van der Waals surface area contributed by atoms with Gasteiger partial charge in [0, 0.05) is 10.9 Å². The first kappa shape index (κ1) is 19.8. The summed E-state index contributed by atoms with van der Waals surface area (Å²) in [6.45, 7) is 4.29. The van der Waals surface area contributed by atoms with Crippen LogP contribution in [0.1, 0.15) is 25.8 Å². The van der Waals surface area contributed by atoms with Crippen LogP contribution in [0.5, 0.6) is 5.75 Å². The molecule has 0 radical (unpaired) electrons. The summed E-state index contributed by atoms with van der Waals surface area (Å²) in [7, 11) is 0. The Morgan fingerprint density at radius 1 is 0.857 bits per heavy atom. The number of allylic oxidation sites excluding steroid dienone is 3. The average molecular weight is 378 g/mol. The van der Waals surface area contributed by atoms with Crippen LogP contribution in [0.15, 0.2) is 72.8 Å². The molecule has 0 atom stereocenters. The summed E-state index contributed by atoms with van der Waals surface area (Å²) in [6.07, 6.45) is 9.76. The Morgan fingerprint density at radius 2 is 1.61 bits per heavy atom. The van der Waals surface area contributed by atoms with E-state index in [2.05, 4.69) is 6.08 Å². The number of hydrogen-bond acceptors (Lipinski definition) is 1. The molecule has 3 rings (SSSR count). The Morgan fingerprint density at radius 3 is 2.32 bits per heavy atom. The molecule has 0 aromatic heterocycles. The van der Waals surface area contributed by atoms with Gasteiger partial charge in [-0.05, 0) is 61.4 Å². The molecule has 0 aliphatic carbocycles. The molecule has 0 fully saturated rings. The summed E-state index contributed by atoms with van der Waals surface area (Å²) in [5.41, 5.74) is 2.11. The van der Waals surface area contributed by atoms with Crippen molar-refractivity contribution in [3.05, 3.63) is 90.0 Å². The molecule has 0 amide bonds. The lowest BCUT2D eigenvalue weighted by molar-refractivity contribution is 0.363. The number of ether oxygens (including phenoxy) is 1. The maximum atomic E-state index is 14.8. The third kappa shape index (κ3) is 4.48. The largest absolute Gasteiger partial charge is 0.490 e. The topological polar surface area (TPSA) is 9.23 Å². The summed E-state index contributed by atoms with van der Waals surface area (Å²) < 4.78 is 35.1. The van der Waals surface area contributed by atoms with E-state index < -0.39 is 11.6 Å². The maximum absolute atomic E-state index is 14.8. The molecule has 3 aromatic rings. The van der Waals surface area contributed by atoms with Gasteiger partial charge < -0.3 is 4.74 Å². The number of aryl methyl sites for hydroxylation is 1. The predicted octanol–water partition coefficient (Wildman–Crippen LogP) is 7.25. The smallest absolute Gasteiger partial charge is 0.167 e.